The Hall–Kier alpha value is -5.32. The molecule has 0 aliphatic carbocycles. The van der Waals surface area contributed by atoms with E-state index in [1.54, 1.807) is 30.5 Å². The van der Waals surface area contributed by atoms with Crippen molar-refractivity contribution in [2.75, 3.05) is 42.7 Å². The van der Waals surface area contributed by atoms with Gasteiger partial charge in [0.25, 0.3) is 6.43 Å². The van der Waals surface area contributed by atoms with Crippen LogP contribution in [0.25, 0.3) is 22.1 Å². The van der Waals surface area contributed by atoms with Crippen LogP contribution in [-0.2, 0) is 14.3 Å². The average molecular weight is 668 g/mol. The summed E-state index contributed by atoms with van der Waals surface area (Å²) in [5.74, 6) is 4.78. The van der Waals surface area contributed by atoms with Crippen LogP contribution in [0.15, 0.2) is 71.3 Å². The van der Waals surface area contributed by atoms with Crippen LogP contribution in [0.5, 0.6) is 5.88 Å². The minimum absolute atomic E-state index is 0.0237. The van der Waals surface area contributed by atoms with Crippen molar-refractivity contribution in [1.82, 2.24) is 15.0 Å². The number of halogens is 2. The molecule has 3 aliphatic heterocycles. The van der Waals surface area contributed by atoms with Gasteiger partial charge in [0, 0.05) is 35.7 Å². The van der Waals surface area contributed by atoms with Crippen LogP contribution >= 0.6 is 0 Å². The fourth-order valence-corrected chi connectivity index (χ4v) is 6.77. The van der Waals surface area contributed by atoms with Crippen molar-refractivity contribution in [3.63, 3.8) is 0 Å². The van der Waals surface area contributed by atoms with Gasteiger partial charge in [0.2, 0.25) is 5.88 Å². The number of carbonyl (C=O) groups is 1. The van der Waals surface area contributed by atoms with Crippen LogP contribution in [0.4, 0.5) is 20.3 Å². The Labute approximate surface area is 279 Å². The van der Waals surface area contributed by atoms with E-state index in [1.807, 2.05) is 36.4 Å². The third kappa shape index (κ3) is 5.56. The second kappa shape index (κ2) is 12.3. The molecular formula is C36H31F2N5O6. The standard InChI is InChI=1S/C36H31F2N5O6/c1-21-36(19-46-20-36)47-14-13-42(21)26-15-23(12-11-22-7-3-2-4-8-22)17-39-34(26)48-24-16-27(35(44)45)43(18-24)33-30-29(40-32(41-33)31(37)38)25-9-5-6-10-28(25)49-30/h2-10,15,17,21,24,27,31H,13-14,16,18-20H2,1H3,(H,44,45)/t21-,24-,27-/m0/s1. The van der Waals surface area contributed by atoms with E-state index in [9.17, 15) is 18.7 Å². The summed E-state index contributed by atoms with van der Waals surface area (Å²) >= 11 is 0. The number of fused-ring (bicyclic) bond motifs is 3. The molecule has 13 heteroatoms. The highest BCUT2D eigenvalue weighted by Gasteiger charge is 2.50. The SMILES string of the molecule is C[C@@H]1N(c2cc(C#Cc3ccccc3)cnc2O[C@H]2C[C@@H](C(=O)O)N(c3nc(C(F)F)nc4c3oc3ccccc34)C2)CCOC12COC2. The quantitative estimate of drug-likeness (QED) is 0.240. The topological polar surface area (TPSA) is 123 Å². The van der Waals surface area contributed by atoms with Crippen LogP contribution in [0, 0.1) is 11.8 Å². The van der Waals surface area contributed by atoms with Gasteiger partial charge in [0.15, 0.2) is 17.2 Å². The van der Waals surface area contributed by atoms with Crippen molar-refractivity contribution in [2.45, 2.75) is 43.6 Å². The normalized spacial score (nSPS) is 21.6. The Balaban J connectivity index is 1.16. The number of furan rings is 1. The first-order valence-electron chi connectivity index (χ1n) is 16.0. The molecule has 0 amide bonds. The number of benzene rings is 2. The average Bonchev–Trinajstić information content (AvgIpc) is 3.69. The molecule has 0 unspecified atom stereocenters. The summed E-state index contributed by atoms with van der Waals surface area (Å²) in [5.41, 5.74) is 2.51. The van der Waals surface area contributed by atoms with E-state index < -0.39 is 36.0 Å². The number of ether oxygens (including phenoxy) is 3. The summed E-state index contributed by atoms with van der Waals surface area (Å²) in [6.45, 7) is 4.06. The summed E-state index contributed by atoms with van der Waals surface area (Å²) in [6.07, 6.45) is -2.00. The van der Waals surface area contributed by atoms with Gasteiger partial charge in [0.05, 0.1) is 32.4 Å². The van der Waals surface area contributed by atoms with Gasteiger partial charge in [-0.1, -0.05) is 42.2 Å². The fraction of sp³-hybridized carbons (Fsp3) is 0.333. The maximum absolute atomic E-state index is 14.1. The van der Waals surface area contributed by atoms with E-state index in [4.69, 9.17) is 23.6 Å². The van der Waals surface area contributed by atoms with Gasteiger partial charge in [-0.15, -0.1) is 0 Å². The molecule has 0 saturated carbocycles. The number of rotatable bonds is 6. The first kappa shape index (κ1) is 31.0. The molecule has 3 saturated heterocycles. The number of morpholine rings is 1. The van der Waals surface area contributed by atoms with Crippen molar-refractivity contribution >= 4 is 39.5 Å². The number of hydrogen-bond donors (Lipinski definition) is 1. The predicted octanol–water partition coefficient (Wildman–Crippen LogP) is 5.21. The van der Waals surface area contributed by atoms with Crippen molar-refractivity contribution in [2.24, 2.45) is 0 Å². The zero-order valence-electron chi connectivity index (χ0n) is 26.4. The van der Waals surface area contributed by atoms with Crippen LogP contribution < -0.4 is 14.5 Å². The lowest BCUT2D eigenvalue weighted by molar-refractivity contribution is -0.228. The zero-order valence-corrected chi connectivity index (χ0v) is 26.4. The summed E-state index contributed by atoms with van der Waals surface area (Å²) in [6, 6.07) is 17.2. The van der Waals surface area contributed by atoms with E-state index in [2.05, 4.69) is 33.6 Å². The van der Waals surface area contributed by atoms with Gasteiger partial charge in [-0.2, -0.15) is 0 Å². The first-order valence-corrected chi connectivity index (χ1v) is 16.0. The Kier molecular flexibility index (Phi) is 7.77. The summed E-state index contributed by atoms with van der Waals surface area (Å²) in [5, 5.41) is 10.8. The van der Waals surface area contributed by atoms with E-state index in [-0.39, 0.29) is 35.9 Å². The van der Waals surface area contributed by atoms with Crippen LogP contribution in [0.3, 0.4) is 0 Å². The molecule has 250 valence electrons. The molecule has 0 radical (unpaired) electrons. The number of carboxylic acid groups (broad SMARTS) is 1. The largest absolute Gasteiger partial charge is 0.480 e. The summed E-state index contributed by atoms with van der Waals surface area (Å²) in [4.78, 5) is 29.1. The third-order valence-corrected chi connectivity index (χ3v) is 9.42. The fourth-order valence-electron chi connectivity index (χ4n) is 6.77. The lowest BCUT2D eigenvalue weighted by atomic mass is 9.90. The first-order chi connectivity index (χ1) is 23.8. The van der Waals surface area contributed by atoms with Crippen LogP contribution in [0.1, 0.15) is 36.7 Å². The molecule has 49 heavy (non-hydrogen) atoms. The molecule has 3 aromatic heterocycles. The maximum Gasteiger partial charge on any atom is 0.326 e. The molecule has 6 heterocycles. The van der Waals surface area contributed by atoms with Gasteiger partial charge >= 0.3 is 5.97 Å². The number of pyridine rings is 1. The Morgan fingerprint density at radius 3 is 2.59 bits per heavy atom. The predicted molar refractivity (Wildman–Crippen MR) is 175 cm³/mol. The number of hydrogen-bond acceptors (Lipinski definition) is 10. The smallest absolute Gasteiger partial charge is 0.326 e. The highest BCUT2D eigenvalue weighted by Crippen LogP contribution is 2.41. The number of para-hydroxylation sites is 1. The van der Waals surface area contributed by atoms with Gasteiger partial charge in [0.1, 0.15) is 34.5 Å². The Bertz CT molecular complexity index is 2110. The number of nitrogens with zero attached hydrogens (tertiary/aromatic N) is 5. The highest BCUT2D eigenvalue weighted by molar-refractivity contribution is 6.06. The monoisotopic (exact) mass is 667 g/mol. The van der Waals surface area contributed by atoms with E-state index in [1.165, 1.54) is 4.90 Å². The second-order valence-corrected chi connectivity index (χ2v) is 12.4. The Morgan fingerprint density at radius 1 is 1.06 bits per heavy atom. The molecule has 3 atom stereocenters. The zero-order chi connectivity index (χ0) is 33.7. The molecule has 8 rings (SSSR count). The van der Waals surface area contributed by atoms with Crippen molar-refractivity contribution in [3.8, 4) is 17.7 Å². The van der Waals surface area contributed by atoms with Crippen molar-refractivity contribution in [1.29, 1.82) is 0 Å². The van der Waals surface area contributed by atoms with Crippen LogP contribution in [0.2, 0.25) is 0 Å². The number of alkyl halides is 2. The molecule has 0 bridgehead atoms. The van der Waals surface area contributed by atoms with Gasteiger partial charge in [-0.05, 0) is 37.3 Å². The number of carboxylic acids is 1. The number of anilines is 2. The molecule has 1 N–H and O–H groups in total. The van der Waals surface area contributed by atoms with Gasteiger partial charge in [-0.25, -0.2) is 28.5 Å². The Morgan fingerprint density at radius 2 is 1.84 bits per heavy atom. The minimum atomic E-state index is -2.98. The van der Waals surface area contributed by atoms with E-state index in [0.717, 1.165) is 5.56 Å². The number of aromatic nitrogens is 3. The second-order valence-electron chi connectivity index (χ2n) is 12.4. The van der Waals surface area contributed by atoms with Gasteiger partial charge in [-0.3, -0.25) is 0 Å². The summed E-state index contributed by atoms with van der Waals surface area (Å²) in [7, 11) is 0. The molecule has 3 aliphatic rings. The maximum atomic E-state index is 14.1. The third-order valence-electron chi connectivity index (χ3n) is 9.42. The van der Waals surface area contributed by atoms with Crippen molar-refractivity contribution in [3.05, 3.63) is 83.8 Å². The molecule has 5 aromatic rings. The molecule has 2 aromatic carbocycles. The molecule has 1 spiro atoms. The molecule has 3 fully saturated rings. The van der Waals surface area contributed by atoms with Gasteiger partial charge < -0.3 is 33.5 Å². The molecular weight excluding hydrogens is 636 g/mol. The van der Waals surface area contributed by atoms with Crippen LogP contribution in [-0.4, -0.2) is 82.7 Å². The molecule has 11 nitrogen and oxygen atoms in total. The van der Waals surface area contributed by atoms with E-state index in [0.29, 0.717) is 54.5 Å². The lowest BCUT2D eigenvalue weighted by Gasteiger charge is -2.53. The lowest BCUT2D eigenvalue weighted by Crippen LogP contribution is -2.68. The number of aliphatic carboxylic acids is 1. The minimum Gasteiger partial charge on any atom is -0.480 e. The summed E-state index contributed by atoms with van der Waals surface area (Å²) < 4.78 is 52.4. The highest BCUT2D eigenvalue weighted by atomic mass is 19.3. The van der Waals surface area contributed by atoms with E-state index >= 15 is 0 Å². The van der Waals surface area contributed by atoms with Crippen molar-refractivity contribution < 1.29 is 37.3 Å².